The van der Waals surface area contributed by atoms with Gasteiger partial charge in [0.15, 0.2) is 0 Å². The number of carbonyl (C=O) groups excluding carboxylic acids is 1. The number of amides is 1. The highest BCUT2D eigenvalue weighted by Crippen LogP contribution is 2.13. The van der Waals surface area contributed by atoms with Gasteiger partial charge in [0.05, 0.1) is 11.9 Å². The Balaban J connectivity index is 2.03. The molecule has 0 bridgehead atoms. The number of hydrogen-bond donors (Lipinski definition) is 3. The van der Waals surface area contributed by atoms with Crippen LogP contribution in [0.2, 0.25) is 0 Å². The second-order valence-electron chi connectivity index (χ2n) is 4.56. The smallest absolute Gasteiger partial charge is 0.244 e. The van der Waals surface area contributed by atoms with Gasteiger partial charge in [-0.25, -0.2) is 13.1 Å². The Morgan fingerprint density at radius 2 is 1.95 bits per heavy atom. The molecule has 1 aromatic carbocycles. The normalized spacial score (nSPS) is 11.3. The van der Waals surface area contributed by atoms with Gasteiger partial charge in [-0.05, 0) is 24.6 Å². The molecule has 112 valence electrons. The van der Waals surface area contributed by atoms with Crippen molar-refractivity contribution in [3.63, 3.8) is 0 Å². The topological polar surface area (TPSA) is 104 Å². The minimum Gasteiger partial charge on any atom is -0.326 e. The summed E-state index contributed by atoms with van der Waals surface area (Å²) < 4.78 is 26.6. The van der Waals surface area contributed by atoms with Crippen molar-refractivity contribution in [2.45, 2.75) is 25.3 Å². The van der Waals surface area contributed by atoms with Gasteiger partial charge < -0.3 is 5.32 Å². The lowest BCUT2D eigenvalue weighted by molar-refractivity contribution is -0.114. The van der Waals surface area contributed by atoms with E-state index in [4.69, 9.17) is 0 Å². The molecule has 1 heterocycles. The molecule has 1 aromatic heterocycles. The van der Waals surface area contributed by atoms with E-state index < -0.39 is 10.0 Å². The predicted octanol–water partition coefficient (Wildman–Crippen LogP) is 1.16. The number of sulfonamides is 1. The lowest BCUT2D eigenvalue weighted by atomic mass is 10.2. The van der Waals surface area contributed by atoms with Gasteiger partial charge in [-0.3, -0.25) is 9.89 Å². The molecular weight excluding hydrogens is 292 g/mol. The minimum atomic E-state index is -3.59. The summed E-state index contributed by atoms with van der Waals surface area (Å²) in [4.78, 5) is 11.0. The largest absolute Gasteiger partial charge is 0.326 e. The van der Waals surface area contributed by atoms with Crippen molar-refractivity contribution in [3.05, 3.63) is 41.7 Å². The van der Waals surface area contributed by atoms with Crippen molar-refractivity contribution in [1.82, 2.24) is 14.9 Å². The fourth-order valence-corrected chi connectivity index (χ4v) is 2.93. The molecule has 0 aliphatic rings. The van der Waals surface area contributed by atoms with Crippen LogP contribution in [0.25, 0.3) is 0 Å². The molecule has 8 heteroatoms. The molecule has 0 saturated heterocycles. The van der Waals surface area contributed by atoms with Gasteiger partial charge in [0.25, 0.3) is 0 Å². The monoisotopic (exact) mass is 308 g/mol. The Bertz CT molecular complexity index is 735. The second-order valence-corrected chi connectivity index (χ2v) is 6.30. The van der Waals surface area contributed by atoms with Gasteiger partial charge in [0.1, 0.15) is 4.90 Å². The van der Waals surface area contributed by atoms with Crippen LogP contribution < -0.4 is 10.0 Å². The molecule has 1 amide bonds. The first-order chi connectivity index (χ1) is 9.88. The Morgan fingerprint density at radius 3 is 2.48 bits per heavy atom. The number of rotatable bonds is 5. The Morgan fingerprint density at radius 1 is 1.29 bits per heavy atom. The number of aromatic amines is 1. The van der Waals surface area contributed by atoms with Crippen LogP contribution >= 0.6 is 0 Å². The van der Waals surface area contributed by atoms with E-state index in [1.54, 1.807) is 31.2 Å². The van der Waals surface area contributed by atoms with Gasteiger partial charge in [0, 0.05) is 19.2 Å². The Labute approximate surface area is 122 Å². The number of hydrogen-bond acceptors (Lipinski definition) is 4. The van der Waals surface area contributed by atoms with Crippen LogP contribution in [-0.2, 0) is 21.4 Å². The molecule has 0 radical (unpaired) electrons. The summed E-state index contributed by atoms with van der Waals surface area (Å²) in [7, 11) is -3.59. The number of nitrogens with zero attached hydrogens (tertiary/aromatic N) is 1. The quantitative estimate of drug-likeness (QED) is 0.771. The SMILES string of the molecule is CC(=O)Nc1ccc(CNS(=O)(=O)c2cn[nH]c2C)cc1. The highest BCUT2D eigenvalue weighted by molar-refractivity contribution is 7.89. The van der Waals surface area contributed by atoms with E-state index in [-0.39, 0.29) is 17.3 Å². The van der Waals surface area contributed by atoms with Gasteiger partial charge in [0.2, 0.25) is 15.9 Å². The fourth-order valence-electron chi connectivity index (χ4n) is 1.78. The number of H-pyrrole nitrogens is 1. The molecule has 3 N–H and O–H groups in total. The van der Waals surface area contributed by atoms with Gasteiger partial charge >= 0.3 is 0 Å². The summed E-state index contributed by atoms with van der Waals surface area (Å²) in [6.45, 7) is 3.23. The number of aromatic nitrogens is 2. The average molecular weight is 308 g/mol. The maximum atomic E-state index is 12.1. The molecule has 2 rings (SSSR count). The van der Waals surface area contributed by atoms with Crippen molar-refractivity contribution in [2.24, 2.45) is 0 Å². The third kappa shape index (κ3) is 3.89. The Kier molecular flexibility index (Phi) is 4.39. The van der Waals surface area contributed by atoms with Crippen molar-refractivity contribution in [2.75, 3.05) is 5.32 Å². The van der Waals surface area contributed by atoms with Crippen LogP contribution in [0.3, 0.4) is 0 Å². The fraction of sp³-hybridized carbons (Fsp3) is 0.231. The molecule has 21 heavy (non-hydrogen) atoms. The summed E-state index contributed by atoms with van der Waals surface area (Å²) in [5.41, 5.74) is 1.94. The van der Waals surface area contributed by atoms with E-state index in [9.17, 15) is 13.2 Å². The number of anilines is 1. The zero-order chi connectivity index (χ0) is 15.5. The van der Waals surface area contributed by atoms with Gasteiger partial charge in [-0.2, -0.15) is 5.10 Å². The van der Waals surface area contributed by atoms with Gasteiger partial charge in [-0.15, -0.1) is 0 Å². The lowest BCUT2D eigenvalue weighted by Crippen LogP contribution is -2.23. The molecular formula is C13H16N4O3S. The highest BCUT2D eigenvalue weighted by atomic mass is 32.2. The summed E-state index contributed by atoms with van der Waals surface area (Å²) in [5, 5.41) is 8.93. The van der Waals surface area contributed by atoms with E-state index in [0.717, 1.165) is 5.56 Å². The number of nitrogens with one attached hydrogen (secondary N) is 3. The summed E-state index contributed by atoms with van der Waals surface area (Å²) in [5.74, 6) is -0.154. The number of aryl methyl sites for hydroxylation is 1. The molecule has 0 atom stereocenters. The van der Waals surface area contributed by atoms with E-state index in [2.05, 4.69) is 20.2 Å². The molecule has 0 unspecified atom stereocenters. The second kappa shape index (κ2) is 6.06. The lowest BCUT2D eigenvalue weighted by Gasteiger charge is -2.07. The zero-order valence-electron chi connectivity index (χ0n) is 11.7. The molecule has 0 aliphatic carbocycles. The Hall–Kier alpha value is -2.19. The summed E-state index contributed by atoms with van der Waals surface area (Å²) in [6.07, 6.45) is 1.28. The van der Waals surface area contributed by atoms with Crippen LogP contribution in [0.4, 0.5) is 5.69 Å². The molecule has 7 nitrogen and oxygen atoms in total. The van der Waals surface area contributed by atoms with Crippen molar-refractivity contribution in [1.29, 1.82) is 0 Å². The maximum Gasteiger partial charge on any atom is 0.244 e. The van der Waals surface area contributed by atoms with Crippen LogP contribution in [0.1, 0.15) is 18.2 Å². The van der Waals surface area contributed by atoms with E-state index >= 15 is 0 Å². The van der Waals surface area contributed by atoms with Gasteiger partial charge in [-0.1, -0.05) is 12.1 Å². The number of carbonyl (C=O) groups is 1. The van der Waals surface area contributed by atoms with Crippen molar-refractivity contribution < 1.29 is 13.2 Å². The first-order valence-corrected chi connectivity index (χ1v) is 7.73. The molecule has 0 saturated carbocycles. The van der Waals surface area contributed by atoms with Crippen LogP contribution in [0, 0.1) is 6.92 Å². The standard InChI is InChI=1S/C13H16N4O3S/c1-9-13(8-14-17-9)21(19,20)15-7-11-3-5-12(6-4-11)16-10(2)18/h3-6,8,15H,7H2,1-2H3,(H,14,17)(H,16,18). The number of benzene rings is 1. The zero-order valence-corrected chi connectivity index (χ0v) is 12.5. The van der Waals surface area contributed by atoms with Crippen LogP contribution in [0.15, 0.2) is 35.4 Å². The van der Waals surface area contributed by atoms with E-state index in [1.165, 1.54) is 13.1 Å². The third-order valence-electron chi connectivity index (χ3n) is 2.81. The van der Waals surface area contributed by atoms with Crippen molar-refractivity contribution in [3.8, 4) is 0 Å². The first kappa shape index (κ1) is 15.2. The first-order valence-electron chi connectivity index (χ1n) is 6.24. The average Bonchev–Trinajstić information content (AvgIpc) is 2.84. The molecule has 0 aliphatic heterocycles. The minimum absolute atomic E-state index is 0.136. The van der Waals surface area contributed by atoms with E-state index in [0.29, 0.717) is 11.4 Å². The maximum absolute atomic E-state index is 12.1. The van der Waals surface area contributed by atoms with Crippen LogP contribution in [0.5, 0.6) is 0 Å². The van der Waals surface area contributed by atoms with Crippen molar-refractivity contribution >= 4 is 21.6 Å². The van der Waals surface area contributed by atoms with Crippen LogP contribution in [-0.4, -0.2) is 24.5 Å². The summed E-state index contributed by atoms with van der Waals surface area (Å²) >= 11 is 0. The highest BCUT2D eigenvalue weighted by Gasteiger charge is 2.17. The third-order valence-corrected chi connectivity index (χ3v) is 4.33. The molecule has 0 spiro atoms. The summed E-state index contributed by atoms with van der Waals surface area (Å²) in [6, 6.07) is 6.92. The molecule has 0 fully saturated rings. The predicted molar refractivity (Wildman–Crippen MR) is 78.1 cm³/mol. The molecule has 2 aromatic rings. The van der Waals surface area contributed by atoms with E-state index in [1.807, 2.05) is 0 Å².